The van der Waals surface area contributed by atoms with E-state index >= 15 is 0 Å². The van der Waals surface area contributed by atoms with Gasteiger partial charge in [-0.15, -0.1) is 0 Å². The molecule has 0 saturated heterocycles. The van der Waals surface area contributed by atoms with Crippen molar-refractivity contribution in [2.45, 2.75) is 25.4 Å². The van der Waals surface area contributed by atoms with E-state index < -0.39 is 34.7 Å². The number of esters is 1. The summed E-state index contributed by atoms with van der Waals surface area (Å²) in [6, 6.07) is 6.27. The van der Waals surface area contributed by atoms with E-state index in [-0.39, 0.29) is 17.4 Å². The molecule has 26 heavy (non-hydrogen) atoms. The van der Waals surface area contributed by atoms with Crippen molar-refractivity contribution in [3.8, 4) is 17.9 Å². The minimum atomic E-state index is -4.07. The molecule has 0 aliphatic rings. The number of ether oxygens (including phenoxy) is 1. The molecule has 0 spiro atoms. The van der Waals surface area contributed by atoms with Gasteiger partial charge in [0.25, 0.3) is 11.6 Å². The van der Waals surface area contributed by atoms with Crippen LogP contribution >= 0.6 is 0 Å². The number of halogens is 3. The summed E-state index contributed by atoms with van der Waals surface area (Å²) in [5.41, 5.74) is -4.22. The van der Waals surface area contributed by atoms with Crippen LogP contribution < -0.4 is 15.2 Å². The van der Waals surface area contributed by atoms with Gasteiger partial charge in [-0.3, -0.25) is 0 Å². The first kappa shape index (κ1) is 20.2. The molecule has 6 nitrogen and oxygen atoms in total. The second-order valence-electron chi connectivity index (χ2n) is 5.14. The van der Waals surface area contributed by atoms with Gasteiger partial charge in [0.05, 0.1) is 5.22 Å². The summed E-state index contributed by atoms with van der Waals surface area (Å²) < 4.78 is 45.4. The van der Waals surface area contributed by atoms with E-state index in [0.717, 1.165) is 12.1 Å². The van der Waals surface area contributed by atoms with Crippen molar-refractivity contribution < 1.29 is 22.7 Å². The summed E-state index contributed by atoms with van der Waals surface area (Å²) >= 11 is 0. The molecule has 1 rings (SSSR count). The number of alkyl halides is 3. The number of rotatable bonds is 3. The maximum Gasteiger partial charge on any atom is 0.526 e. The molecule has 9 heteroatoms. The van der Waals surface area contributed by atoms with Crippen molar-refractivity contribution in [1.29, 1.82) is 10.5 Å². The normalized spacial score (nSPS) is 12.3. The fourth-order valence-corrected chi connectivity index (χ4v) is 1.63. The van der Waals surface area contributed by atoms with Gasteiger partial charge in [0.2, 0.25) is 0 Å². The number of hydrogen-bond acceptors (Lipinski definition) is 4. The van der Waals surface area contributed by atoms with Gasteiger partial charge in [-0.25, -0.2) is 18.0 Å². The molecular weight excluding hydrogens is 349 g/mol. The van der Waals surface area contributed by atoms with Crippen LogP contribution in [0.2, 0.25) is 0 Å². The third-order valence-electron chi connectivity index (χ3n) is 3.35. The number of carbonyl (C=O) groups is 1. The maximum absolute atomic E-state index is 14.1. The van der Waals surface area contributed by atoms with Gasteiger partial charge in [0.15, 0.2) is 0 Å². The fourth-order valence-electron chi connectivity index (χ4n) is 1.63. The van der Waals surface area contributed by atoms with Gasteiger partial charge in [-0.1, -0.05) is 6.07 Å². The Morgan fingerprint density at radius 2 is 1.69 bits per heavy atom. The Morgan fingerprint density at radius 3 is 2.12 bits per heavy atom. The molecule has 1 aromatic rings. The zero-order valence-electron chi connectivity index (χ0n) is 13.5. The number of nitrogens with zero attached hydrogens (tertiary/aromatic N) is 4. The molecule has 0 heterocycles. The van der Waals surface area contributed by atoms with Crippen molar-refractivity contribution in [2.24, 2.45) is 0 Å². The summed E-state index contributed by atoms with van der Waals surface area (Å²) in [5, 5.41) is 17.6. The van der Waals surface area contributed by atoms with Crippen molar-refractivity contribution >= 4 is 17.4 Å². The van der Waals surface area contributed by atoms with Gasteiger partial charge in [-0.2, -0.15) is 20.2 Å². The van der Waals surface area contributed by atoms with Crippen LogP contribution in [0.25, 0.3) is 21.1 Å². The average molecular weight is 358 g/mol. The Balaban J connectivity index is 3.76. The van der Waals surface area contributed by atoms with E-state index in [1.807, 2.05) is 0 Å². The number of hydrogen-bond donors (Lipinski definition) is 0. The average Bonchev–Trinajstić information content (AvgIpc) is 2.57. The second-order valence-corrected chi connectivity index (χ2v) is 5.14. The van der Waals surface area contributed by atoms with Gasteiger partial charge in [0.1, 0.15) is 36.6 Å². The lowest BCUT2D eigenvalue weighted by Crippen LogP contribution is -2.49. The first-order chi connectivity index (χ1) is 12.0. The Hall–Kier alpha value is -3.82. The van der Waals surface area contributed by atoms with Gasteiger partial charge < -0.3 is 4.74 Å². The molecule has 1 atom stereocenters. The zero-order chi connectivity index (χ0) is 20.1. The smallest absolute Gasteiger partial charge is 0.423 e. The summed E-state index contributed by atoms with van der Waals surface area (Å²) in [7, 11) is 0. The lowest BCUT2D eigenvalue weighted by molar-refractivity contribution is -0.173. The van der Waals surface area contributed by atoms with Crippen LogP contribution in [-0.4, -0.2) is 17.6 Å². The molecule has 0 aliphatic carbocycles. The van der Waals surface area contributed by atoms with Crippen molar-refractivity contribution in [2.75, 3.05) is 0 Å². The maximum atomic E-state index is 14.1. The molecule has 130 valence electrons. The van der Waals surface area contributed by atoms with Crippen LogP contribution in [0.3, 0.4) is 0 Å². The van der Waals surface area contributed by atoms with Crippen LogP contribution in [0.1, 0.15) is 13.8 Å². The van der Waals surface area contributed by atoms with Gasteiger partial charge in [0, 0.05) is 12.1 Å². The van der Waals surface area contributed by atoms with Crippen molar-refractivity contribution in [3.05, 3.63) is 51.5 Å². The predicted octanol–water partition coefficient (Wildman–Crippen LogP) is 2.08. The van der Waals surface area contributed by atoms with Gasteiger partial charge in [-0.05, 0) is 19.1 Å². The minimum Gasteiger partial charge on any atom is -0.423 e. The topological polar surface area (TPSA) is 82.6 Å². The molecule has 0 saturated carbocycles. The Bertz CT molecular complexity index is 1010. The lowest BCUT2D eigenvalue weighted by atomic mass is 10.0. The van der Waals surface area contributed by atoms with Crippen LogP contribution in [0.5, 0.6) is 5.75 Å². The van der Waals surface area contributed by atoms with Crippen LogP contribution in [0, 0.1) is 35.8 Å². The quantitative estimate of drug-likeness (QED) is 0.471. The summed E-state index contributed by atoms with van der Waals surface area (Å²) in [6.07, 6.45) is 0. The van der Waals surface area contributed by atoms with E-state index in [9.17, 15) is 18.0 Å². The highest BCUT2D eigenvalue weighted by atomic mass is 19.3. The highest BCUT2D eigenvalue weighted by Crippen LogP contribution is 2.32. The summed E-state index contributed by atoms with van der Waals surface area (Å²) in [4.78, 5) is 17.8. The molecule has 0 amide bonds. The second kappa shape index (κ2) is 7.38. The van der Waals surface area contributed by atoms with Crippen molar-refractivity contribution in [3.63, 3.8) is 0 Å². The number of benzene rings is 1. The molecule has 1 unspecified atom stereocenters. The van der Waals surface area contributed by atoms with E-state index in [2.05, 4.69) is 14.4 Å². The molecular formula is C17H9F3N4O2. The van der Waals surface area contributed by atoms with E-state index in [1.54, 1.807) is 0 Å². The third kappa shape index (κ3) is 3.80. The summed E-state index contributed by atoms with van der Waals surface area (Å²) in [6.45, 7) is 14.3. The molecule has 0 fully saturated rings. The lowest BCUT2D eigenvalue weighted by Gasteiger charge is -2.24. The minimum absolute atomic E-state index is 0.0550. The SMILES string of the molecule is [C-]#[N+]C([N+]#[C-])=c1ccc(=C(C#N)C#N)c(OC(=O)C(C)(F)C(C)(F)F)c1. The molecule has 0 radical (unpaired) electrons. The Labute approximate surface area is 146 Å². The number of nitriles is 2. The standard InChI is InChI=1S/C17H9F3N4O2/c1-16(18,17(2,19)20)15(25)26-13-7-10(14(23-3)24-4)5-6-12(13)11(8-21)9-22/h5-7H,1-2H3. The van der Waals surface area contributed by atoms with Crippen LogP contribution in [0.4, 0.5) is 13.2 Å². The van der Waals surface area contributed by atoms with E-state index in [0.29, 0.717) is 6.92 Å². The fraction of sp³-hybridized carbons (Fsp3) is 0.235. The third-order valence-corrected chi connectivity index (χ3v) is 3.35. The molecule has 1 aromatic carbocycles. The van der Waals surface area contributed by atoms with Crippen LogP contribution in [0.15, 0.2) is 18.2 Å². The zero-order valence-corrected chi connectivity index (χ0v) is 13.5. The predicted molar refractivity (Wildman–Crippen MR) is 82.7 cm³/mol. The van der Waals surface area contributed by atoms with E-state index in [1.165, 1.54) is 18.2 Å². The van der Waals surface area contributed by atoms with Gasteiger partial charge >= 0.3 is 11.8 Å². The molecule has 0 aliphatic heterocycles. The molecule has 0 N–H and O–H groups in total. The van der Waals surface area contributed by atoms with Crippen molar-refractivity contribution in [1.82, 2.24) is 0 Å². The highest BCUT2D eigenvalue weighted by Gasteiger charge is 2.54. The Kier molecular flexibility index (Phi) is 5.74. The monoisotopic (exact) mass is 358 g/mol. The largest absolute Gasteiger partial charge is 0.526 e. The van der Waals surface area contributed by atoms with E-state index in [4.69, 9.17) is 23.7 Å². The molecule has 0 aromatic heterocycles. The van der Waals surface area contributed by atoms with Crippen LogP contribution in [-0.2, 0) is 4.79 Å². The number of carbonyl (C=O) groups excluding carboxylic acids is 1. The molecule has 0 bridgehead atoms. The first-order valence-corrected chi connectivity index (χ1v) is 6.76. The first-order valence-electron chi connectivity index (χ1n) is 6.76. The Morgan fingerprint density at radius 1 is 1.15 bits per heavy atom. The summed E-state index contributed by atoms with van der Waals surface area (Å²) in [5.74, 6) is -7.05. The highest BCUT2D eigenvalue weighted by molar-refractivity contribution is 5.83.